The van der Waals surface area contributed by atoms with Gasteiger partial charge in [0, 0.05) is 41.6 Å². The molecule has 0 radical (unpaired) electrons. The van der Waals surface area contributed by atoms with Gasteiger partial charge in [-0.3, -0.25) is 14.4 Å². The second kappa shape index (κ2) is 9.55. The van der Waals surface area contributed by atoms with E-state index in [0.29, 0.717) is 43.1 Å². The summed E-state index contributed by atoms with van der Waals surface area (Å²) in [5.74, 6) is 0.0994. The van der Waals surface area contributed by atoms with E-state index >= 15 is 0 Å². The van der Waals surface area contributed by atoms with Gasteiger partial charge in [-0.2, -0.15) is 0 Å². The molecule has 178 valence electrons. The van der Waals surface area contributed by atoms with Crippen LogP contribution in [0.3, 0.4) is 0 Å². The Morgan fingerprint density at radius 2 is 2.06 bits per heavy atom. The molecule has 1 saturated heterocycles. The summed E-state index contributed by atoms with van der Waals surface area (Å²) in [5, 5.41) is 6.01. The Labute approximate surface area is 206 Å². The largest absolute Gasteiger partial charge is 0.353 e. The Bertz CT molecular complexity index is 1140. The van der Waals surface area contributed by atoms with Gasteiger partial charge in [-0.05, 0) is 72.9 Å². The number of pyridine rings is 1. The molecule has 4 rings (SSSR count). The lowest BCUT2D eigenvalue weighted by Crippen LogP contribution is -2.60. The Balaban J connectivity index is 1.54. The SMILES string of the molecule is C=CC(=O)Nc1ccc(C(=O)N2CCC3(C2)Nc2ncc(Br)cc2N(CCN(C)C)C3=O)cc1. The number of fused-ring (bicyclic) bond motifs is 1. The van der Waals surface area contributed by atoms with Gasteiger partial charge in [0.05, 0.1) is 12.2 Å². The highest BCUT2D eigenvalue weighted by molar-refractivity contribution is 9.10. The fourth-order valence-corrected chi connectivity index (χ4v) is 4.55. The number of rotatable bonds is 6. The molecule has 2 N–H and O–H groups in total. The predicted octanol–water partition coefficient (Wildman–Crippen LogP) is 2.57. The van der Waals surface area contributed by atoms with Crippen LogP contribution in [0.5, 0.6) is 0 Å². The first kappa shape index (κ1) is 23.9. The lowest BCUT2D eigenvalue weighted by atomic mass is 9.93. The van der Waals surface area contributed by atoms with Crippen LogP contribution in [0.2, 0.25) is 0 Å². The maximum absolute atomic E-state index is 13.7. The molecule has 2 aromatic rings. The third-order valence-electron chi connectivity index (χ3n) is 6.05. The average molecular weight is 527 g/mol. The Hall–Kier alpha value is -3.24. The minimum absolute atomic E-state index is 0.0560. The number of nitrogens with one attached hydrogen (secondary N) is 2. The number of carbonyl (C=O) groups is 3. The monoisotopic (exact) mass is 526 g/mol. The number of likely N-dealkylation sites (tertiary alicyclic amines) is 1. The Morgan fingerprint density at radius 3 is 2.74 bits per heavy atom. The van der Waals surface area contributed by atoms with E-state index in [9.17, 15) is 14.4 Å². The first-order chi connectivity index (χ1) is 16.2. The number of halogens is 1. The van der Waals surface area contributed by atoms with Crippen molar-refractivity contribution in [3.63, 3.8) is 0 Å². The van der Waals surface area contributed by atoms with E-state index in [1.165, 1.54) is 6.08 Å². The van der Waals surface area contributed by atoms with E-state index in [0.717, 1.165) is 10.2 Å². The predicted molar refractivity (Wildman–Crippen MR) is 135 cm³/mol. The number of likely N-dealkylation sites (N-methyl/N-ethyl adjacent to an activating group) is 1. The molecule has 2 aliphatic heterocycles. The molecule has 2 aliphatic rings. The third kappa shape index (κ3) is 4.69. The molecular formula is C24H27BrN6O3. The highest BCUT2D eigenvalue weighted by Gasteiger charge is 2.51. The van der Waals surface area contributed by atoms with Crippen LogP contribution in [0.4, 0.5) is 17.2 Å². The minimum Gasteiger partial charge on any atom is -0.353 e. The summed E-state index contributed by atoms with van der Waals surface area (Å²) >= 11 is 3.45. The van der Waals surface area contributed by atoms with Crippen LogP contribution in [-0.4, -0.2) is 78.3 Å². The number of hydrogen-bond donors (Lipinski definition) is 2. The quantitative estimate of drug-likeness (QED) is 0.561. The number of carbonyl (C=O) groups excluding carboxylic acids is 3. The molecule has 10 heteroatoms. The molecule has 1 aromatic carbocycles. The molecule has 1 fully saturated rings. The molecule has 34 heavy (non-hydrogen) atoms. The standard InChI is InChI=1S/C24H27BrN6O3/c1-4-20(32)27-18-7-5-16(6-8-18)22(33)30-10-9-24(15-30)23(34)31(12-11-29(2)3)19-13-17(25)14-26-21(19)28-24/h4-8,13-14H,1,9-12,15H2,2-3H3,(H,26,28)(H,27,32). The Morgan fingerprint density at radius 1 is 1.32 bits per heavy atom. The van der Waals surface area contributed by atoms with Crippen molar-refractivity contribution in [3.8, 4) is 0 Å². The van der Waals surface area contributed by atoms with E-state index in [1.54, 1.807) is 40.3 Å². The van der Waals surface area contributed by atoms with E-state index in [4.69, 9.17) is 0 Å². The molecule has 3 amide bonds. The van der Waals surface area contributed by atoms with Crippen molar-refractivity contribution in [2.45, 2.75) is 12.0 Å². The smallest absolute Gasteiger partial charge is 0.254 e. The van der Waals surface area contributed by atoms with E-state index in [-0.39, 0.29) is 24.3 Å². The molecule has 9 nitrogen and oxygen atoms in total. The van der Waals surface area contributed by atoms with Crippen LogP contribution >= 0.6 is 15.9 Å². The maximum atomic E-state index is 13.7. The van der Waals surface area contributed by atoms with Crippen LogP contribution in [0, 0.1) is 0 Å². The number of amides is 3. The van der Waals surface area contributed by atoms with Crippen LogP contribution in [0.1, 0.15) is 16.8 Å². The topological polar surface area (TPSA) is 97.9 Å². The summed E-state index contributed by atoms with van der Waals surface area (Å²) in [6.07, 6.45) is 3.37. The highest BCUT2D eigenvalue weighted by Crippen LogP contribution is 2.39. The van der Waals surface area contributed by atoms with Gasteiger partial charge in [-0.15, -0.1) is 0 Å². The van der Waals surface area contributed by atoms with Gasteiger partial charge < -0.3 is 25.3 Å². The summed E-state index contributed by atoms with van der Waals surface area (Å²) in [6, 6.07) is 8.57. The summed E-state index contributed by atoms with van der Waals surface area (Å²) in [4.78, 5) is 48.4. The number of hydrogen-bond acceptors (Lipinski definition) is 6. The van der Waals surface area contributed by atoms with Gasteiger partial charge in [0.25, 0.3) is 11.8 Å². The first-order valence-corrected chi connectivity index (χ1v) is 11.7. The van der Waals surface area contributed by atoms with Gasteiger partial charge in [-0.1, -0.05) is 6.58 Å². The van der Waals surface area contributed by atoms with Crippen molar-refractivity contribution in [2.75, 3.05) is 55.8 Å². The van der Waals surface area contributed by atoms with Gasteiger partial charge >= 0.3 is 0 Å². The van der Waals surface area contributed by atoms with Gasteiger partial charge in [0.1, 0.15) is 5.54 Å². The second-order valence-corrected chi connectivity index (χ2v) is 9.65. The molecule has 1 spiro atoms. The van der Waals surface area contributed by atoms with Crippen LogP contribution in [0.25, 0.3) is 0 Å². The summed E-state index contributed by atoms with van der Waals surface area (Å²) in [6.45, 7) is 5.34. The first-order valence-electron chi connectivity index (χ1n) is 11.0. The summed E-state index contributed by atoms with van der Waals surface area (Å²) < 4.78 is 0.794. The lowest BCUT2D eigenvalue weighted by molar-refractivity contribution is -0.122. The molecule has 0 aliphatic carbocycles. The minimum atomic E-state index is -0.923. The number of aromatic nitrogens is 1. The molecule has 3 heterocycles. The van der Waals surface area contributed by atoms with Gasteiger partial charge in [-0.25, -0.2) is 4.98 Å². The molecule has 1 unspecified atom stereocenters. The van der Waals surface area contributed by atoms with E-state index in [1.807, 2.05) is 25.1 Å². The average Bonchev–Trinajstić information content (AvgIpc) is 3.24. The molecule has 0 bridgehead atoms. The van der Waals surface area contributed by atoms with E-state index < -0.39 is 5.54 Å². The van der Waals surface area contributed by atoms with Crippen LogP contribution in [0.15, 0.2) is 53.7 Å². The van der Waals surface area contributed by atoms with Crippen molar-refractivity contribution in [1.29, 1.82) is 0 Å². The number of anilines is 3. The second-order valence-electron chi connectivity index (χ2n) is 8.74. The van der Waals surface area contributed by atoms with Gasteiger partial charge in [0.2, 0.25) is 5.91 Å². The van der Waals surface area contributed by atoms with Crippen molar-refractivity contribution < 1.29 is 14.4 Å². The lowest BCUT2D eigenvalue weighted by Gasteiger charge is -2.41. The fraction of sp³-hybridized carbons (Fsp3) is 0.333. The molecule has 1 aromatic heterocycles. The molecule has 0 saturated carbocycles. The molecular weight excluding hydrogens is 500 g/mol. The zero-order valence-electron chi connectivity index (χ0n) is 19.2. The number of nitrogens with zero attached hydrogens (tertiary/aromatic N) is 4. The van der Waals surface area contributed by atoms with Crippen molar-refractivity contribution in [3.05, 3.63) is 59.2 Å². The highest BCUT2D eigenvalue weighted by atomic mass is 79.9. The van der Waals surface area contributed by atoms with Crippen LogP contribution in [-0.2, 0) is 9.59 Å². The Kier molecular flexibility index (Phi) is 6.72. The molecule has 1 atom stereocenters. The van der Waals surface area contributed by atoms with Crippen LogP contribution < -0.4 is 15.5 Å². The zero-order chi connectivity index (χ0) is 24.5. The van der Waals surface area contributed by atoms with E-state index in [2.05, 4.69) is 38.1 Å². The summed E-state index contributed by atoms with van der Waals surface area (Å²) in [7, 11) is 3.93. The van der Waals surface area contributed by atoms with Crippen molar-refractivity contribution >= 4 is 50.8 Å². The maximum Gasteiger partial charge on any atom is 0.254 e. The fourth-order valence-electron chi connectivity index (χ4n) is 4.23. The zero-order valence-corrected chi connectivity index (χ0v) is 20.8. The van der Waals surface area contributed by atoms with Crippen molar-refractivity contribution in [1.82, 2.24) is 14.8 Å². The summed E-state index contributed by atoms with van der Waals surface area (Å²) in [5.41, 5.74) is 0.875. The third-order valence-corrected chi connectivity index (χ3v) is 6.48. The van der Waals surface area contributed by atoms with Gasteiger partial charge in [0.15, 0.2) is 5.82 Å². The number of benzene rings is 1. The van der Waals surface area contributed by atoms with Crippen molar-refractivity contribution in [2.24, 2.45) is 0 Å². The normalized spacial score (nSPS) is 19.2.